The fourth-order valence-corrected chi connectivity index (χ4v) is 2.80. The van der Waals surface area contributed by atoms with E-state index in [1.165, 1.54) is 17.0 Å². The summed E-state index contributed by atoms with van der Waals surface area (Å²) in [7, 11) is 0. The zero-order chi connectivity index (χ0) is 14.8. The van der Waals surface area contributed by atoms with E-state index in [4.69, 9.17) is 0 Å². The third kappa shape index (κ3) is 3.61. The molecule has 0 bridgehead atoms. The van der Waals surface area contributed by atoms with Gasteiger partial charge in [0.2, 0.25) is 0 Å². The lowest BCUT2D eigenvalue weighted by Crippen LogP contribution is -2.21. The first-order valence-corrected chi connectivity index (χ1v) is 7.22. The van der Waals surface area contributed by atoms with Crippen LogP contribution in [0.4, 0.5) is 13.2 Å². The Labute approximate surface area is 120 Å². The second kappa shape index (κ2) is 5.97. The second-order valence-corrected chi connectivity index (χ2v) is 5.72. The molecule has 5 heteroatoms. The van der Waals surface area contributed by atoms with Crippen molar-refractivity contribution in [2.45, 2.75) is 32.1 Å². The number of hydrogen-bond acceptors (Lipinski definition) is 2. The Bertz CT molecular complexity index is 531. The third-order valence-electron chi connectivity index (χ3n) is 3.21. The highest BCUT2D eigenvalue weighted by molar-refractivity contribution is 7.10. The molecular formula is C15H16F3NS. The molecule has 0 aliphatic heterocycles. The summed E-state index contributed by atoms with van der Waals surface area (Å²) in [5, 5.41) is 5.40. The zero-order valence-corrected chi connectivity index (χ0v) is 12.1. The molecule has 1 aromatic heterocycles. The number of nitrogens with one attached hydrogen (secondary N) is 1. The summed E-state index contributed by atoms with van der Waals surface area (Å²) in [6.07, 6.45) is -4.28. The van der Waals surface area contributed by atoms with Gasteiger partial charge in [0.05, 0.1) is 5.56 Å². The SMILES string of the molecule is CC(N[C@@H](C)c1cccs1)c1ccc(C(F)(F)F)cc1. The van der Waals surface area contributed by atoms with Gasteiger partial charge in [0.25, 0.3) is 0 Å². The average molecular weight is 299 g/mol. The van der Waals surface area contributed by atoms with E-state index in [1.807, 2.05) is 31.4 Å². The first-order chi connectivity index (χ1) is 9.38. The van der Waals surface area contributed by atoms with Gasteiger partial charge in [0.1, 0.15) is 0 Å². The quantitative estimate of drug-likeness (QED) is 0.820. The van der Waals surface area contributed by atoms with E-state index < -0.39 is 11.7 Å². The summed E-state index contributed by atoms with van der Waals surface area (Å²) in [4.78, 5) is 1.21. The number of hydrogen-bond donors (Lipinski definition) is 1. The van der Waals surface area contributed by atoms with Crippen molar-refractivity contribution in [1.29, 1.82) is 0 Å². The molecule has 0 saturated heterocycles. The van der Waals surface area contributed by atoms with Crippen molar-refractivity contribution in [3.63, 3.8) is 0 Å². The van der Waals surface area contributed by atoms with Gasteiger partial charge in [-0.3, -0.25) is 0 Å². The minimum atomic E-state index is -4.28. The Morgan fingerprint density at radius 1 is 1.00 bits per heavy atom. The highest BCUT2D eigenvalue weighted by Crippen LogP contribution is 2.30. The van der Waals surface area contributed by atoms with Gasteiger partial charge < -0.3 is 5.32 Å². The van der Waals surface area contributed by atoms with Gasteiger partial charge in [-0.15, -0.1) is 11.3 Å². The Kier molecular flexibility index (Phi) is 4.50. The monoisotopic (exact) mass is 299 g/mol. The molecule has 2 atom stereocenters. The lowest BCUT2D eigenvalue weighted by Gasteiger charge is -2.20. The number of thiophene rings is 1. The molecule has 20 heavy (non-hydrogen) atoms. The molecular weight excluding hydrogens is 283 g/mol. The normalized spacial score (nSPS) is 15.1. The maximum atomic E-state index is 12.5. The van der Waals surface area contributed by atoms with Crippen molar-refractivity contribution in [3.8, 4) is 0 Å². The van der Waals surface area contributed by atoms with Crippen LogP contribution in [0.15, 0.2) is 41.8 Å². The molecule has 1 N–H and O–H groups in total. The molecule has 0 aliphatic rings. The fraction of sp³-hybridized carbons (Fsp3) is 0.333. The van der Waals surface area contributed by atoms with E-state index >= 15 is 0 Å². The molecule has 0 saturated carbocycles. The maximum absolute atomic E-state index is 12.5. The number of benzene rings is 1. The lowest BCUT2D eigenvalue weighted by molar-refractivity contribution is -0.137. The highest BCUT2D eigenvalue weighted by atomic mass is 32.1. The minimum Gasteiger partial charge on any atom is -0.303 e. The van der Waals surface area contributed by atoms with E-state index in [9.17, 15) is 13.2 Å². The van der Waals surface area contributed by atoms with Crippen molar-refractivity contribution >= 4 is 11.3 Å². The molecule has 0 amide bonds. The summed E-state index contributed by atoms with van der Waals surface area (Å²) in [5.41, 5.74) is 0.237. The summed E-state index contributed by atoms with van der Waals surface area (Å²) in [6, 6.07) is 9.51. The molecule has 1 unspecified atom stereocenters. The molecule has 108 valence electrons. The molecule has 2 aromatic rings. The van der Waals surface area contributed by atoms with Crippen LogP contribution >= 0.6 is 11.3 Å². The molecule has 1 nitrogen and oxygen atoms in total. The molecule has 1 aromatic carbocycles. The number of halogens is 3. The van der Waals surface area contributed by atoms with Crippen LogP contribution < -0.4 is 5.32 Å². The Balaban J connectivity index is 2.04. The van der Waals surface area contributed by atoms with E-state index in [0.29, 0.717) is 0 Å². The van der Waals surface area contributed by atoms with E-state index in [1.54, 1.807) is 11.3 Å². The molecule has 0 aliphatic carbocycles. The van der Waals surface area contributed by atoms with Crippen molar-refractivity contribution in [2.24, 2.45) is 0 Å². The van der Waals surface area contributed by atoms with Crippen molar-refractivity contribution in [2.75, 3.05) is 0 Å². The van der Waals surface area contributed by atoms with Crippen LogP contribution in [0.3, 0.4) is 0 Å². The Morgan fingerprint density at radius 2 is 1.65 bits per heavy atom. The fourth-order valence-electron chi connectivity index (χ4n) is 2.05. The van der Waals surface area contributed by atoms with Crippen molar-refractivity contribution < 1.29 is 13.2 Å². The van der Waals surface area contributed by atoms with Crippen molar-refractivity contribution in [1.82, 2.24) is 5.32 Å². The molecule has 2 rings (SSSR count). The van der Waals surface area contributed by atoms with Gasteiger partial charge in [-0.25, -0.2) is 0 Å². The van der Waals surface area contributed by atoms with Gasteiger partial charge in [0, 0.05) is 17.0 Å². The molecule has 0 radical (unpaired) electrons. The molecule has 0 fully saturated rings. The standard InChI is InChI=1S/C15H16F3NS/c1-10(19-11(2)14-4-3-9-20-14)12-5-7-13(8-6-12)15(16,17)18/h3-11,19H,1-2H3/t10?,11-/m0/s1. The van der Waals surface area contributed by atoms with Crippen LogP contribution in [-0.4, -0.2) is 0 Å². The highest BCUT2D eigenvalue weighted by Gasteiger charge is 2.30. The first-order valence-electron chi connectivity index (χ1n) is 6.34. The van der Waals surface area contributed by atoms with Gasteiger partial charge >= 0.3 is 6.18 Å². The number of alkyl halides is 3. The minimum absolute atomic E-state index is 0.00520. The second-order valence-electron chi connectivity index (χ2n) is 4.75. The largest absolute Gasteiger partial charge is 0.416 e. The summed E-state index contributed by atoms with van der Waals surface area (Å²) in [5.74, 6) is 0. The van der Waals surface area contributed by atoms with Crippen LogP contribution in [0.1, 0.15) is 41.9 Å². The average Bonchev–Trinajstić information content (AvgIpc) is 2.91. The van der Waals surface area contributed by atoms with Gasteiger partial charge in [-0.1, -0.05) is 18.2 Å². The van der Waals surface area contributed by atoms with Gasteiger partial charge in [-0.05, 0) is 43.0 Å². The van der Waals surface area contributed by atoms with E-state index in [2.05, 4.69) is 5.32 Å². The van der Waals surface area contributed by atoms with Crippen LogP contribution in [-0.2, 0) is 6.18 Å². The Morgan fingerprint density at radius 3 is 2.15 bits per heavy atom. The zero-order valence-electron chi connectivity index (χ0n) is 11.2. The molecule has 1 heterocycles. The van der Waals surface area contributed by atoms with Crippen LogP contribution in [0.25, 0.3) is 0 Å². The predicted molar refractivity (Wildman–Crippen MR) is 75.7 cm³/mol. The third-order valence-corrected chi connectivity index (χ3v) is 4.26. The number of rotatable bonds is 4. The van der Waals surface area contributed by atoms with Gasteiger partial charge in [0.15, 0.2) is 0 Å². The maximum Gasteiger partial charge on any atom is 0.416 e. The molecule has 0 spiro atoms. The van der Waals surface area contributed by atoms with Crippen molar-refractivity contribution in [3.05, 3.63) is 57.8 Å². The van der Waals surface area contributed by atoms with E-state index in [0.717, 1.165) is 17.7 Å². The summed E-state index contributed by atoms with van der Waals surface area (Å²) < 4.78 is 37.5. The van der Waals surface area contributed by atoms with Crippen LogP contribution in [0.5, 0.6) is 0 Å². The Hall–Kier alpha value is -1.33. The van der Waals surface area contributed by atoms with Crippen LogP contribution in [0.2, 0.25) is 0 Å². The van der Waals surface area contributed by atoms with E-state index in [-0.39, 0.29) is 12.1 Å². The smallest absolute Gasteiger partial charge is 0.303 e. The topological polar surface area (TPSA) is 12.0 Å². The lowest BCUT2D eigenvalue weighted by atomic mass is 10.0. The summed E-state index contributed by atoms with van der Waals surface area (Å²) in [6.45, 7) is 4.00. The summed E-state index contributed by atoms with van der Waals surface area (Å²) >= 11 is 1.66. The van der Waals surface area contributed by atoms with Gasteiger partial charge in [-0.2, -0.15) is 13.2 Å². The van der Waals surface area contributed by atoms with Crippen LogP contribution in [0, 0.1) is 0 Å². The first kappa shape index (κ1) is 15.1. The predicted octanol–water partition coefficient (Wildman–Crippen LogP) is 5.18.